The number of carbonyl (C=O) groups excluding carboxylic acids is 1. The van der Waals surface area contributed by atoms with E-state index >= 15 is 8.78 Å². The molecular formula is C30H32F2N2O6S. The van der Waals surface area contributed by atoms with Crippen LogP contribution in [-0.2, 0) is 40.1 Å². The molecule has 0 amide bonds. The number of pyridine rings is 1. The van der Waals surface area contributed by atoms with Crippen molar-refractivity contribution in [2.75, 3.05) is 13.7 Å². The molecule has 1 atom stereocenters. The minimum Gasteiger partial charge on any atom is -0.497 e. The van der Waals surface area contributed by atoms with Gasteiger partial charge in [-0.05, 0) is 52.0 Å². The van der Waals surface area contributed by atoms with E-state index in [4.69, 9.17) is 18.6 Å². The van der Waals surface area contributed by atoms with Crippen molar-refractivity contribution in [3.05, 3.63) is 77.3 Å². The smallest absolute Gasteiger partial charge is 0.310 e. The fourth-order valence-corrected chi connectivity index (χ4v) is 4.81. The Kier molecular flexibility index (Phi) is 9.39. The molecule has 1 unspecified atom stereocenters. The molecule has 4 aromatic rings. The first-order valence-corrected chi connectivity index (χ1v) is 14.1. The van der Waals surface area contributed by atoms with E-state index in [1.165, 1.54) is 37.8 Å². The zero-order chi connectivity index (χ0) is 29.7. The SMILES string of the molecule is CCOC(=O)Cc1ccc(OC)cc1OCc1cc(-c2ccnc(CNS(=O)C(C)(C)C)c2F)c2occc2c1F. The van der Waals surface area contributed by atoms with Gasteiger partial charge < -0.3 is 18.6 Å². The number of methoxy groups -OCH3 is 1. The van der Waals surface area contributed by atoms with E-state index in [1.54, 1.807) is 45.9 Å². The van der Waals surface area contributed by atoms with Crippen molar-refractivity contribution in [2.24, 2.45) is 0 Å². The van der Waals surface area contributed by atoms with Gasteiger partial charge in [0.25, 0.3) is 0 Å². The summed E-state index contributed by atoms with van der Waals surface area (Å²) in [4.78, 5) is 16.2. The first-order valence-electron chi connectivity index (χ1n) is 13.0. The van der Waals surface area contributed by atoms with E-state index in [0.29, 0.717) is 22.6 Å². The highest BCUT2D eigenvalue weighted by molar-refractivity contribution is 7.84. The molecule has 0 spiro atoms. The van der Waals surface area contributed by atoms with Gasteiger partial charge in [-0.2, -0.15) is 0 Å². The van der Waals surface area contributed by atoms with Crippen LogP contribution in [0.25, 0.3) is 22.1 Å². The normalized spacial score (nSPS) is 12.4. The largest absolute Gasteiger partial charge is 0.497 e. The Morgan fingerprint density at radius 1 is 1.07 bits per heavy atom. The van der Waals surface area contributed by atoms with Gasteiger partial charge in [-0.15, -0.1) is 0 Å². The fourth-order valence-electron chi connectivity index (χ4n) is 4.11. The molecule has 8 nitrogen and oxygen atoms in total. The molecule has 0 aliphatic carbocycles. The number of halogens is 2. The number of carbonyl (C=O) groups is 1. The van der Waals surface area contributed by atoms with E-state index < -0.39 is 33.3 Å². The fraction of sp³-hybridized carbons (Fsp3) is 0.333. The Labute approximate surface area is 239 Å². The number of nitrogens with zero attached hydrogens (tertiary/aromatic N) is 1. The van der Waals surface area contributed by atoms with Crippen LogP contribution in [0.4, 0.5) is 8.78 Å². The van der Waals surface area contributed by atoms with Crippen LogP contribution in [-0.4, -0.2) is 33.6 Å². The van der Waals surface area contributed by atoms with E-state index in [1.807, 2.05) is 0 Å². The summed E-state index contributed by atoms with van der Waals surface area (Å²) < 4.78 is 67.8. The van der Waals surface area contributed by atoms with Gasteiger partial charge in [0, 0.05) is 34.5 Å². The molecule has 0 aliphatic rings. The van der Waals surface area contributed by atoms with Crippen molar-refractivity contribution in [3.63, 3.8) is 0 Å². The van der Waals surface area contributed by atoms with Crippen LogP contribution in [0.15, 0.2) is 53.3 Å². The maximum Gasteiger partial charge on any atom is 0.310 e. The van der Waals surface area contributed by atoms with Crippen LogP contribution in [0.3, 0.4) is 0 Å². The molecule has 0 saturated heterocycles. The minimum atomic E-state index is -1.43. The van der Waals surface area contributed by atoms with Gasteiger partial charge in [0.05, 0.1) is 59.8 Å². The monoisotopic (exact) mass is 586 g/mol. The van der Waals surface area contributed by atoms with Crippen molar-refractivity contribution in [1.29, 1.82) is 0 Å². The molecule has 2 aromatic heterocycles. The van der Waals surface area contributed by atoms with Gasteiger partial charge in [0.15, 0.2) is 5.82 Å². The molecule has 2 heterocycles. The first-order chi connectivity index (χ1) is 19.5. The molecule has 1 N–H and O–H groups in total. The number of hydrogen-bond donors (Lipinski definition) is 1. The zero-order valence-corrected chi connectivity index (χ0v) is 24.3. The van der Waals surface area contributed by atoms with Crippen molar-refractivity contribution < 1.29 is 36.4 Å². The van der Waals surface area contributed by atoms with Crippen molar-refractivity contribution in [3.8, 4) is 22.6 Å². The number of benzene rings is 2. The molecule has 0 fully saturated rings. The number of nitrogens with one attached hydrogen (secondary N) is 1. The molecule has 2 aromatic carbocycles. The highest BCUT2D eigenvalue weighted by Gasteiger charge is 2.23. The lowest BCUT2D eigenvalue weighted by Gasteiger charge is -2.18. The van der Waals surface area contributed by atoms with Gasteiger partial charge >= 0.3 is 5.97 Å². The molecule has 0 bridgehead atoms. The molecule has 0 radical (unpaired) electrons. The average Bonchev–Trinajstić information content (AvgIpc) is 3.43. The van der Waals surface area contributed by atoms with Gasteiger partial charge in [-0.1, -0.05) is 6.07 Å². The standard InChI is InChI=1S/C30H32F2N2O6S/c1-6-38-26(35)14-18-7-8-20(37-5)15-25(18)40-17-19-13-23(29-22(27(19)31)10-12-39-29)21-9-11-33-24(28(21)32)16-34-41(36)30(2,3)4/h7-13,15,34H,6,14,16-17H2,1-5H3. The molecule has 0 saturated carbocycles. The van der Waals surface area contributed by atoms with E-state index in [9.17, 15) is 9.00 Å². The van der Waals surface area contributed by atoms with Crippen LogP contribution >= 0.6 is 0 Å². The summed E-state index contributed by atoms with van der Waals surface area (Å²) in [6.07, 6.45) is 2.72. The van der Waals surface area contributed by atoms with E-state index in [0.717, 1.165) is 0 Å². The summed E-state index contributed by atoms with van der Waals surface area (Å²) in [5, 5.41) is 0.156. The van der Waals surface area contributed by atoms with Crippen LogP contribution in [0.2, 0.25) is 0 Å². The summed E-state index contributed by atoms with van der Waals surface area (Å²) in [7, 11) is 0.0670. The molecule has 11 heteroatoms. The lowest BCUT2D eigenvalue weighted by molar-refractivity contribution is -0.142. The van der Waals surface area contributed by atoms with Gasteiger partial charge in [-0.25, -0.2) is 17.7 Å². The number of furan rings is 1. The maximum atomic E-state index is 15.7. The van der Waals surface area contributed by atoms with Gasteiger partial charge in [-0.3, -0.25) is 9.78 Å². The number of rotatable bonds is 11. The summed E-state index contributed by atoms with van der Waals surface area (Å²) in [6, 6.07) is 9.37. The number of fused-ring (bicyclic) bond motifs is 1. The molecule has 4 rings (SSSR count). The van der Waals surface area contributed by atoms with Crippen LogP contribution in [0.5, 0.6) is 11.5 Å². The molecule has 41 heavy (non-hydrogen) atoms. The summed E-state index contributed by atoms with van der Waals surface area (Å²) in [5.74, 6) is -0.844. The highest BCUT2D eigenvalue weighted by Crippen LogP contribution is 2.36. The molecule has 218 valence electrons. The maximum absolute atomic E-state index is 15.7. The van der Waals surface area contributed by atoms with Crippen LogP contribution < -0.4 is 14.2 Å². The number of esters is 1. The van der Waals surface area contributed by atoms with Crippen LogP contribution in [0, 0.1) is 11.6 Å². The van der Waals surface area contributed by atoms with Gasteiger partial charge in [0.2, 0.25) is 0 Å². The summed E-state index contributed by atoms with van der Waals surface area (Å²) >= 11 is 0. The second kappa shape index (κ2) is 12.8. The third-order valence-electron chi connectivity index (χ3n) is 6.22. The Hall–Kier alpha value is -3.83. The molecular weight excluding hydrogens is 554 g/mol. The predicted molar refractivity (Wildman–Crippen MR) is 152 cm³/mol. The second-order valence-corrected chi connectivity index (χ2v) is 12.2. The quantitative estimate of drug-likeness (QED) is 0.215. The topological polar surface area (TPSA) is 99.9 Å². The Balaban J connectivity index is 1.68. The number of hydrogen-bond acceptors (Lipinski definition) is 7. The van der Waals surface area contributed by atoms with Crippen molar-refractivity contribution >= 4 is 27.9 Å². The minimum absolute atomic E-state index is 0.0410. The third-order valence-corrected chi connectivity index (χ3v) is 7.74. The highest BCUT2D eigenvalue weighted by atomic mass is 32.2. The average molecular weight is 587 g/mol. The lowest BCUT2D eigenvalue weighted by Crippen LogP contribution is -2.33. The summed E-state index contributed by atoms with van der Waals surface area (Å²) in [6.45, 7) is 7.07. The van der Waals surface area contributed by atoms with Crippen molar-refractivity contribution in [2.45, 2.75) is 52.0 Å². The zero-order valence-electron chi connectivity index (χ0n) is 23.5. The number of aromatic nitrogens is 1. The Morgan fingerprint density at radius 3 is 2.56 bits per heavy atom. The summed E-state index contributed by atoms with van der Waals surface area (Å²) in [5.41, 5.74) is 1.35. The van der Waals surface area contributed by atoms with E-state index in [2.05, 4.69) is 9.71 Å². The predicted octanol–water partition coefficient (Wildman–Crippen LogP) is 6.02. The van der Waals surface area contributed by atoms with Crippen molar-refractivity contribution in [1.82, 2.24) is 9.71 Å². The lowest BCUT2D eigenvalue weighted by atomic mass is 9.99. The first kappa shape index (κ1) is 30.1. The second-order valence-electron chi connectivity index (χ2n) is 10.1. The van der Waals surface area contributed by atoms with Crippen LogP contribution in [0.1, 0.15) is 44.5 Å². The Morgan fingerprint density at radius 2 is 1.85 bits per heavy atom. The molecule has 0 aliphatic heterocycles. The third kappa shape index (κ3) is 6.91. The van der Waals surface area contributed by atoms with Gasteiger partial charge in [0.1, 0.15) is 29.5 Å². The number of ether oxygens (including phenoxy) is 3. The Bertz CT molecular complexity index is 1580. The van der Waals surface area contributed by atoms with E-state index in [-0.39, 0.29) is 54.0 Å².